The second-order valence-corrected chi connectivity index (χ2v) is 3.13. The Morgan fingerprint density at radius 2 is 2.00 bits per heavy atom. The Kier molecular flexibility index (Phi) is 3.16. The Bertz CT molecular complexity index is 377. The van der Waals surface area contributed by atoms with Crippen LogP contribution in [0.15, 0.2) is 12.1 Å². The van der Waals surface area contributed by atoms with E-state index in [4.69, 9.17) is 11.6 Å². The molecule has 5 heteroatoms. The summed E-state index contributed by atoms with van der Waals surface area (Å²) in [4.78, 5) is 10.9. The summed E-state index contributed by atoms with van der Waals surface area (Å²) in [6, 6.07) is 2.54. The number of ketones is 1. The van der Waals surface area contributed by atoms with Gasteiger partial charge in [0.1, 0.15) is 5.82 Å². The topological polar surface area (TPSA) is 17.1 Å². The Hall–Kier alpha value is -1.03. The van der Waals surface area contributed by atoms with Crippen molar-refractivity contribution < 1.29 is 18.0 Å². The van der Waals surface area contributed by atoms with Gasteiger partial charge >= 0.3 is 6.43 Å². The summed E-state index contributed by atoms with van der Waals surface area (Å²) in [5.41, 5.74) is -0.625. The zero-order chi connectivity index (χ0) is 10.9. The average molecular weight is 223 g/mol. The summed E-state index contributed by atoms with van der Waals surface area (Å²) in [7, 11) is 0. The molecule has 0 aliphatic carbocycles. The first-order valence-electron chi connectivity index (χ1n) is 3.72. The van der Waals surface area contributed by atoms with Crippen molar-refractivity contribution in [1.82, 2.24) is 0 Å². The number of aryl methyl sites for hydroxylation is 1. The van der Waals surface area contributed by atoms with Crippen LogP contribution in [0.25, 0.3) is 0 Å². The van der Waals surface area contributed by atoms with Crippen LogP contribution < -0.4 is 0 Å². The highest BCUT2D eigenvalue weighted by Gasteiger charge is 2.25. The highest BCUT2D eigenvalue weighted by molar-refractivity contribution is 6.34. The van der Waals surface area contributed by atoms with E-state index >= 15 is 0 Å². The molecule has 0 heterocycles. The maximum Gasteiger partial charge on any atom is 0.300 e. The van der Waals surface area contributed by atoms with Crippen LogP contribution in [-0.2, 0) is 0 Å². The third kappa shape index (κ3) is 1.90. The van der Waals surface area contributed by atoms with Crippen molar-refractivity contribution in [1.29, 1.82) is 0 Å². The Morgan fingerprint density at radius 1 is 1.43 bits per heavy atom. The van der Waals surface area contributed by atoms with Crippen molar-refractivity contribution in [2.24, 2.45) is 0 Å². The lowest BCUT2D eigenvalue weighted by Gasteiger charge is -2.06. The van der Waals surface area contributed by atoms with Crippen molar-refractivity contribution in [3.63, 3.8) is 0 Å². The molecule has 0 atom stereocenters. The van der Waals surface area contributed by atoms with Crippen molar-refractivity contribution in [3.05, 3.63) is 34.1 Å². The average Bonchev–Trinajstić information content (AvgIpc) is 2.12. The van der Waals surface area contributed by atoms with E-state index in [1.807, 2.05) is 0 Å². The molecular formula is C9H6ClF3O. The quantitative estimate of drug-likeness (QED) is 0.702. The molecule has 76 valence electrons. The van der Waals surface area contributed by atoms with Crippen LogP contribution in [-0.4, -0.2) is 12.2 Å². The summed E-state index contributed by atoms with van der Waals surface area (Å²) in [6.07, 6.45) is -3.25. The van der Waals surface area contributed by atoms with E-state index in [9.17, 15) is 18.0 Å². The van der Waals surface area contributed by atoms with Gasteiger partial charge in [0.05, 0.1) is 10.6 Å². The lowest BCUT2D eigenvalue weighted by atomic mass is 10.1. The predicted octanol–water partition coefficient (Wildman–Crippen LogP) is 3.24. The summed E-state index contributed by atoms with van der Waals surface area (Å²) in [5.74, 6) is -2.57. The Balaban J connectivity index is 3.33. The molecule has 0 bridgehead atoms. The number of benzene rings is 1. The molecule has 0 radical (unpaired) electrons. The van der Waals surface area contributed by atoms with Crippen LogP contribution in [0.1, 0.15) is 15.9 Å². The van der Waals surface area contributed by atoms with Crippen molar-refractivity contribution in [3.8, 4) is 0 Å². The molecule has 1 aromatic rings. The van der Waals surface area contributed by atoms with E-state index in [-0.39, 0.29) is 10.6 Å². The van der Waals surface area contributed by atoms with Gasteiger partial charge in [-0.1, -0.05) is 17.7 Å². The maximum atomic E-state index is 13.2. The van der Waals surface area contributed by atoms with Gasteiger partial charge in [0.15, 0.2) is 0 Å². The lowest BCUT2D eigenvalue weighted by Crippen LogP contribution is -2.13. The van der Waals surface area contributed by atoms with Crippen LogP contribution in [0.5, 0.6) is 0 Å². The van der Waals surface area contributed by atoms with Crippen LogP contribution >= 0.6 is 11.6 Å². The number of Topliss-reactive ketones (excluding diaryl/α,β-unsaturated/α-hetero) is 1. The molecule has 0 amide bonds. The number of alkyl halides is 2. The van der Waals surface area contributed by atoms with Gasteiger partial charge in [0.2, 0.25) is 5.78 Å². The Labute approximate surface area is 83.5 Å². The smallest absolute Gasteiger partial charge is 0.288 e. The normalized spacial score (nSPS) is 10.7. The SMILES string of the molecule is Cc1ccc(Cl)c(C(=O)C(F)F)c1F. The fourth-order valence-corrected chi connectivity index (χ4v) is 1.23. The van der Waals surface area contributed by atoms with E-state index in [1.165, 1.54) is 19.1 Å². The van der Waals surface area contributed by atoms with Crippen LogP contribution in [0.2, 0.25) is 5.02 Å². The first-order chi connectivity index (χ1) is 6.45. The van der Waals surface area contributed by atoms with Gasteiger partial charge in [0, 0.05) is 0 Å². The van der Waals surface area contributed by atoms with Crippen molar-refractivity contribution >= 4 is 17.4 Å². The zero-order valence-electron chi connectivity index (χ0n) is 7.15. The van der Waals surface area contributed by atoms with Gasteiger partial charge in [-0.25, -0.2) is 13.2 Å². The minimum Gasteiger partial charge on any atom is -0.288 e. The number of carbonyl (C=O) groups is 1. The molecule has 0 N–H and O–H groups in total. The molecule has 1 rings (SSSR count). The van der Waals surface area contributed by atoms with Gasteiger partial charge < -0.3 is 0 Å². The van der Waals surface area contributed by atoms with Gasteiger partial charge in [-0.15, -0.1) is 0 Å². The molecule has 0 aliphatic rings. The van der Waals surface area contributed by atoms with Gasteiger partial charge in [-0.05, 0) is 18.6 Å². The fourth-order valence-electron chi connectivity index (χ4n) is 0.992. The molecule has 0 saturated heterocycles. The molecule has 1 aromatic carbocycles. The highest BCUT2D eigenvalue weighted by atomic mass is 35.5. The number of carbonyl (C=O) groups excluding carboxylic acids is 1. The summed E-state index contributed by atoms with van der Waals surface area (Å²) in [6.45, 7) is 1.37. The van der Waals surface area contributed by atoms with E-state index < -0.39 is 23.6 Å². The monoisotopic (exact) mass is 222 g/mol. The summed E-state index contributed by atoms with van der Waals surface area (Å²) in [5, 5.41) is -0.293. The third-order valence-corrected chi connectivity index (χ3v) is 2.04. The van der Waals surface area contributed by atoms with E-state index in [0.717, 1.165) is 0 Å². The fraction of sp³-hybridized carbons (Fsp3) is 0.222. The van der Waals surface area contributed by atoms with Crippen molar-refractivity contribution in [2.75, 3.05) is 0 Å². The van der Waals surface area contributed by atoms with Crippen LogP contribution in [0.3, 0.4) is 0 Å². The number of hydrogen-bond acceptors (Lipinski definition) is 1. The molecule has 0 unspecified atom stereocenters. The Morgan fingerprint density at radius 3 is 2.50 bits per heavy atom. The molecule has 0 aromatic heterocycles. The van der Waals surface area contributed by atoms with Gasteiger partial charge in [-0.2, -0.15) is 0 Å². The van der Waals surface area contributed by atoms with Gasteiger partial charge in [0.25, 0.3) is 0 Å². The standard InChI is InChI=1S/C9H6ClF3O/c1-4-2-3-5(10)6(7(4)11)8(14)9(12)13/h2-3,9H,1H3. The van der Waals surface area contributed by atoms with E-state index in [1.54, 1.807) is 0 Å². The molecule has 0 fully saturated rings. The second kappa shape index (κ2) is 4.00. The van der Waals surface area contributed by atoms with Crippen LogP contribution in [0.4, 0.5) is 13.2 Å². The zero-order valence-corrected chi connectivity index (χ0v) is 7.91. The minimum absolute atomic E-state index is 0.110. The number of hydrogen-bond donors (Lipinski definition) is 0. The van der Waals surface area contributed by atoms with Crippen LogP contribution in [0, 0.1) is 12.7 Å². The molecule has 0 saturated carbocycles. The second-order valence-electron chi connectivity index (χ2n) is 2.72. The minimum atomic E-state index is -3.25. The molecule has 0 spiro atoms. The first kappa shape index (κ1) is 11.0. The lowest BCUT2D eigenvalue weighted by molar-refractivity contribution is 0.0674. The van der Waals surface area contributed by atoms with Gasteiger partial charge in [-0.3, -0.25) is 4.79 Å². The predicted molar refractivity (Wildman–Crippen MR) is 46.5 cm³/mol. The molecule has 14 heavy (non-hydrogen) atoms. The molecular weight excluding hydrogens is 217 g/mol. The number of halogens is 4. The maximum absolute atomic E-state index is 13.2. The molecule has 1 nitrogen and oxygen atoms in total. The summed E-state index contributed by atoms with van der Waals surface area (Å²) < 4.78 is 37.3. The summed E-state index contributed by atoms with van der Waals surface area (Å²) >= 11 is 5.45. The first-order valence-corrected chi connectivity index (χ1v) is 4.10. The van der Waals surface area contributed by atoms with E-state index in [2.05, 4.69) is 0 Å². The van der Waals surface area contributed by atoms with Crippen molar-refractivity contribution in [2.45, 2.75) is 13.3 Å². The number of rotatable bonds is 2. The van der Waals surface area contributed by atoms with E-state index in [0.29, 0.717) is 0 Å². The molecule has 0 aliphatic heterocycles. The third-order valence-electron chi connectivity index (χ3n) is 1.73. The largest absolute Gasteiger partial charge is 0.300 e. The highest BCUT2D eigenvalue weighted by Crippen LogP contribution is 2.24.